The molecule has 6 heteroatoms. The molecule has 0 bridgehead atoms. The molecule has 124 valence electrons. The van der Waals surface area contributed by atoms with E-state index in [1.165, 1.54) is 4.90 Å². The molecule has 2 amide bonds. The molecule has 6 nitrogen and oxygen atoms in total. The van der Waals surface area contributed by atoms with Gasteiger partial charge in [-0.25, -0.2) is 4.79 Å². The van der Waals surface area contributed by atoms with Gasteiger partial charge >= 0.3 is 12.0 Å². The number of aliphatic carboxylic acids is 1. The number of urea groups is 1. The highest BCUT2D eigenvalue weighted by molar-refractivity contribution is 5.75. The molecule has 0 fully saturated rings. The van der Waals surface area contributed by atoms with E-state index in [4.69, 9.17) is 9.84 Å². The number of carboxylic acids is 1. The van der Waals surface area contributed by atoms with Crippen molar-refractivity contribution in [2.75, 3.05) is 27.2 Å². The molecule has 0 aromatic carbocycles. The van der Waals surface area contributed by atoms with E-state index >= 15 is 0 Å². The van der Waals surface area contributed by atoms with Crippen LogP contribution in [0.4, 0.5) is 4.79 Å². The predicted octanol–water partition coefficient (Wildman–Crippen LogP) is 2.19. The fourth-order valence-corrected chi connectivity index (χ4v) is 2.39. The lowest BCUT2D eigenvalue weighted by molar-refractivity contribution is -0.141. The zero-order chi connectivity index (χ0) is 16.4. The predicted molar refractivity (Wildman–Crippen MR) is 82.3 cm³/mol. The average Bonchev–Trinajstić information content (AvgIpc) is 2.45. The number of nitrogens with zero attached hydrogens (tertiary/aromatic N) is 1. The third kappa shape index (κ3) is 7.32. The van der Waals surface area contributed by atoms with Crippen molar-refractivity contribution in [1.82, 2.24) is 10.2 Å². The van der Waals surface area contributed by atoms with Gasteiger partial charge < -0.3 is 20.1 Å². The number of carbonyl (C=O) groups is 2. The fourth-order valence-electron chi connectivity index (χ4n) is 2.39. The summed E-state index contributed by atoms with van der Waals surface area (Å²) in [5.41, 5.74) is 0. The van der Waals surface area contributed by atoms with Gasteiger partial charge in [0.1, 0.15) is 0 Å². The second kappa shape index (κ2) is 10.4. The van der Waals surface area contributed by atoms with Crippen LogP contribution >= 0.6 is 0 Å². The zero-order valence-electron chi connectivity index (χ0n) is 13.9. The minimum absolute atomic E-state index is 0.142. The summed E-state index contributed by atoms with van der Waals surface area (Å²) in [6.07, 6.45) is 3.01. The maximum absolute atomic E-state index is 11.9. The summed E-state index contributed by atoms with van der Waals surface area (Å²) in [4.78, 5) is 24.0. The van der Waals surface area contributed by atoms with Gasteiger partial charge in [-0.1, -0.05) is 33.6 Å². The van der Waals surface area contributed by atoms with Gasteiger partial charge in [0, 0.05) is 27.2 Å². The van der Waals surface area contributed by atoms with Crippen LogP contribution in [0, 0.1) is 11.8 Å². The van der Waals surface area contributed by atoms with Crippen LogP contribution in [0.15, 0.2) is 0 Å². The highest BCUT2D eigenvalue weighted by atomic mass is 16.5. The molecule has 0 aromatic rings. The minimum Gasteiger partial charge on any atom is -0.481 e. The molecule has 0 saturated carbocycles. The summed E-state index contributed by atoms with van der Waals surface area (Å²) in [7, 11) is 3.30. The molecule has 2 unspecified atom stereocenters. The summed E-state index contributed by atoms with van der Waals surface area (Å²) in [6, 6.07) is -0.248. The van der Waals surface area contributed by atoms with Gasteiger partial charge in [0.2, 0.25) is 0 Å². The van der Waals surface area contributed by atoms with Gasteiger partial charge in [0.25, 0.3) is 0 Å². The Hall–Kier alpha value is -1.30. The molecule has 0 radical (unpaired) electrons. The van der Waals surface area contributed by atoms with E-state index < -0.39 is 11.9 Å². The van der Waals surface area contributed by atoms with Crippen LogP contribution < -0.4 is 5.32 Å². The van der Waals surface area contributed by atoms with E-state index in [2.05, 4.69) is 19.2 Å². The normalized spacial score (nSPS) is 13.8. The van der Waals surface area contributed by atoms with Gasteiger partial charge in [-0.05, 0) is 12.3 Å². The molecule has 0 saturated heterocycles. The number of hydrogen-bond donors (Lipinski definition) is 2. The monoisotopic (exact) mass is 302 g/mol. The lowest BCUT2D eigenvalue weighted by Gasteiger charge is -2.25. The molecule has 0 rings (SSSR count). The Labute approximate surface area is 127 Å². The maximum atomic E-state index is 11.9. The molecule has 0 aliphatic rings. The van der Waals surface area contributed by atoms with E-state index in [0.717, 1.165) is 19.3 Å². The molecule has 2 atom stereocenters. The Morgan fingerprint density at radius 1 is 1.29 bits per heavy atom. The van der Waals surface area contributed by atoms with Crippen molar-refractivity contribution in [3.8, 4) is 0 Å². The molecule has 0 heterocycles. The summed E-state index contributed by atoms with van der Waals surface area (Å²) in [5, 5.41) is 11.6. The first-order valence-electron chi connectivity index (χ1n) is 7.61. The number of carbonyl (C=O) groups excluding carboxylic acids is 1. The first-order valence-corrected chi connectivity index (χ1v) is 7.61. The van der Waals surface area contributed by atoms with Crippen molar-refractivity contribution in [1.29, 1.82) is 0 Å². The van der Waals surface area contributed by atoms with Crippen molar-refractivity contribution >= 4 is 12.0 Å². The second-order valence-corrected chi connectivity index (χ2v) is 5.49. The van der Waals surface area contributed by atoms with Crippen molar-refractivity contribution < 1.29 is 19.4 Å². The zero-order valence-corrected chi connectivity index (χ0v) is 13.9. The molecule has 21 heavy (non-hydrogen) atoms. The topological polar surface area (TPSA) is 78.9 Å². The number of hydrogen-bond acceptors (Lipinski definition) is 3. The third-order valence-corrected chi connectivity index (χ3v) is 3.90. The molecule has 2 N–H and O–H groups in total. The van der Waals surface area contributed by atoms with Crippen molar-refractivity contribution in [2.24, 2.45) is 11.8 Å². The number of methoxy groups -OCH3 is 1. The minimum atomic E-state index is -0.900. The van der Waals surface area contributed by atoms with Gasteiger partial charge in [-0.3, -0.25) is 4.79 Å². The Kier molecular flexibility index (Phi) is 9.78. The third-order valence-electron chi connectivity index (χ3n) is 3.90. The summed E-state index contributed by atoms with van der Waals surface area (Å²) in [6.45, 7) is 6.58. The first kappa shape index (κ1) is 19.7. The SMILES string of the molecule is CCC(CC)C(CCNC(=O)N(C)CC(C)C(=O)O)OC. The highest BCUT2D eigenvalue weighted by Gasteiger charge is 2.19. The van der Waals surface area contributed by atoms with Crippen molar-refractivity contribution in [3.63, 3.8) is 0 Å². The summed E-state index contributed by atoms with van der Waals surface area (Å²) < 4.78 is 5.49. The Balaban J connectivity index is 4.15. The Bertz CT molecular complexity index is 319. The number of carboxylic acid groups (broad SMARTS) is 1. The van der Waals surface area contributed by atoms with Gasteiger partial charge in [0.05, 0.1) is 12.0 Å². The standard InChI is InChI=1S/C15H30N2O4/c1-6-12(7-2)13(21-5)8-9-16-15(20)17(4)10-11(3)14(18)19/h11-13H,6-10H2,1-5H3,(H,16,20)(H,18,19). The fraction of sp³-hybridized carbons (Fsp3) is 0.867. The van der Waals surface area contributed by atoms with Crippen LogP contribution in [0.2, 0.25) is 0 Å². The smallest absolute Gasteiger partial charge is 0.317 e. The van der Waals surface area contributed by atoms with Crippen LogP contribution in [0.1, 0.15) is 40.0 Å². The van der Waals surface area contributed by atoms with Crippen molar-refractivity contribution in [2.45, 2.75) is 46.1 Å². The number of amides is 2. The number of ether oxygens (including phenoxy) is 1. The Morgan fingerprint density at radius 3 is 2.29 bits per heavy atom. The van der Waals surface area contributed by atoms with Crippen molar-refractivity contribution in [3.05, 3.63) is 0 Å². The lowest BCUT2D eigenvalue weighted by Crippen LogP contribution is -2.42. The Morgan fingerprint density at radius 2 is 1.86 bits per heavy atom. The van der Waals surface area contributed by atoms with E-state index in [9.17, 15) is 9.59 Å². The van der Waals surface area contributed by atoms with Crippen LogP contribution in [-0.2, 0) is 9.53 Å². The van der Waals surface area contributed by atoms with Gasteiger partial charge in [0.15, 0.2) is 0 Å². The van der Waals surface area contributed by atoms with Crippen LogP contribution in [0.3, 0.4) is 0 Å². The van der Waals surface area contributed by atoms with E-state index in [1.54, 1.807) is 21.1 Å². The molecular weight excluding hydrogens is 272 g/mol. The van der Waals surface area contributed by atoms with E-state index in [0.29, 0.717) is 12.5 Å². The number of rotatable bonds is 10. The maximum Gasteiger partial charge on any atom is 0.317 e. The molecule has 0 aliphatic carbocycles. The summed E-state index contributed by atoms with van der Waals surface area (Å²) >= 11 is 0. The molecule has 0 aliphatic heterocycles. The molecule has 0 aromatic heterocycles. The lowest BCUT2D eigenvalue weighted by atomic mass is 9.94. The van der Waals surface area contributed by atoms with Crippen LogP contribution in [0.25, 0.3) is 0 Å². The van der Waals surface area contributed by atoms with Crippen LogP contribution in [0.5, 0.6) is 0 Å². The largest absolute Gasteiger partial charge is 0.481 e. The first-order chi connectivity index (χ1) is 9.87. The molecular formula is C15H30N2O4. The van der Waals surface area contributed by atoms with E-state index in [-0.39, 0.29) is 18.7 Å². The summed E-state index contributed by atoms with van der Waals surface area (Å²) in [5.74, 6) is -0.975. The highest BCUT2D eigenvalue weighted by Crippen LogP contribution is 2.18. The average molecular weight is 302 g/mol. The second-order valence-electron chi connectivity index (χ2n) is 5.49. The quantitative estimate of drug-likeness (QED) is 0.648. The van der Waals surface area contributed by atoms with Crippen LogP contribution in [-0.4, -0.2) is 55.4 Å². The molecule has 0 spiro atoms. The number of nitrogens with one attached hydrogen (secondary N) is 1. The van der Waals surface area contributed by atoms with Gasteiger partial charge in [-0.2, -0.15) is 0 Å². The van der Waals surface area contributed by atoms with E-state index in [1.807, 2.05) is 0 Å². The van der Waals surface area contributed by atoms with Gasteiger partial charge in [-0.15, -0.1) is 0 Å².